The Morgan fingerprint density at radius 1 is 1.69 bits per heavy atom. The normalized spacial score (nSPS) is 10.1. The van der Waals surface area contributed by atoms with Gasteiger partial charge in [0, 0.05) is 5.56 Å². The predicted molar refractivity (Wildman–Crippen MR) is 45.9 cm³/mol. The molecule has 1 aromatic rings. The van der Waals surface area contributed by atoms with E-state index in [2.05, 4.69) is 22.3 Å². The van der Waals surface area contributed by atoms with Crippen LogP contribution in [0.2, 0.25) is 0 Å². The van der Waals surface area contributed by atoms with Crippen LogP contribution in [0.15, 0.2) is 4.52 Å². The van der Waals surface area contributed by atoms with Crippen molar-refractivity contribution in [3.63, 3.8) is 0 Å². The zero-order valence-electron chi connectivity index (χ0n) is 7.59. The molecule has 1 aromatic heterocycles. The number of aryl methyl sites for hydroxylation is 1. The number of aromatic nitrogens is 1. The topological polar surface area (TPSA) is 64.4 Å². The van der Waals surface area contributed by atoms with Gasteiger partial charge < -0.3 is 14.6 Å². The van der Waals surface area contributed by atoms with Crippen LogP contribution in [0.3, 0.4) is 0 Å². The Balaban J connectivity index is 2.64. The molecule has 13 heavy (non-hydrogen) atoms. The first-order chi connectivity index (χ1) is 6.15. The van der Waals surface area contributed by atoms with Gasteiger partial charge in [-0.2, -0.15) is 0 Å². The van der Waals surface area contributed by atoms with Crippen molar-refractivity contribution in [2.45, 2.75) is 13.8 Å². The van der Waals surface area contributed by atoms with Gasteiger partial charge in [0.25, 0.3) is 5.91 Å². The third-order valence-electron chi connectivity index (χ3n) is 1.65. The molecule has 1 radical (unpaired) electrons. The Kier molecular flexibility index (Phi) is 3.02. The summed E-state index contributed by atoms with van der Waals surface area (Å²) in [5, 5.41) is 6.18. The van der Waals surface area contributed by atoms with Gasteiger partial charge in [-0.25, -0.2) is 0 Å². The first kappa shape index (κ1) is 9.73. The zero-order valence-corrected chi connectivity index (χ0v) is 7.59. The number of amides is 1. The van der Waals surface area contributed by atoms with E-state index in [1.807, 2.05) is 6.92 Å². The Bertz CT molecular complexity index is 306. The van der Waals surface area contributed by atoms with Gasteiger partial charge >= 0.3 is 0 Å². The van der Waals surface area contributed by atoms with Gasteiger partial charge in [-0.3, -0.25) is 4.79 Å². The molecule has 5 heteroatoms. The molecule has 5 nitrogen and oxygen atoms in total. The molecule has 0 unspecified atom stereocenters. The minimum Gasteiger partial charge on any atom is -0.369 e. The van der Waals surface area contributed by atoms with E-state index in [-0.39, 0.29) is 12.5 Å². The van der Waals surface area contributed by atoms with Crippen LogP contribution in [-0.4, -0.2) is 17.7 Å². The summed E-state index contributed by atoms with van der Waals surface area (Å²) in [6, 6.07) is 0. The van der Waals surface area contributed by atoms with E-state index in [1.165, 1.54) is 0 Å². The third kappa shape index (κ3) is 2.29. The average molecular weight is 183 g/mol. The molecule has 1 amide bonds. The first-order valence-electron chi connectivity index (χ1n) is 3.75. The largest absolute Gasteiger partial charge is 0.369 e. The lowest BCUT2D eigenvalue weighted by Crippen LogP contribution is -2.17. The van der Waals surface area contributed by atoms with Crippen molar-refractivity contribution in [1.82, 2.24) is 5.16 Å². The van der Waals surface area contributed by atoms with Crippen molar-refractivity contribution < 1.29 is 14.1 Å². The molecule has 1 rings (SSSR count). The number of hydrogen-bond acceptors (Lipinski definition) is 4. The van der Waals surface area contributed by atoms with E-state index in [9.17, 15) is 4.79 Å². The smallest absolute Gasteiger partial charge is 0.251 e. The van der Waals surface area contributed by atoms with Crippen molar-refractivity contribution in [3.05, 3.63) is 18.4 Å². The zero-order chi connectivity index (χ0) is 9.84. The molecule has 0 saturated carbocycles. The van der Waals surface area contributed by atoms with Crippen LogP contribution < -0.4 is 5.32 Å². The number of ether oxygens (including phenoxy) is 1. The van der Waals surface area contributed by atoms with Crippen molar-refractivity contribution in [2.24, 2.45) is 0 Å². The number of nitrogens with zero attached hydrogens (tertiary/aromatic N) is 1. The fourth-order valence-electron chi connectivity index (χ4n) is 0.795. The lowest BCUT2D eigenvalue weighted by atomic mass is 10.3. The SMILES string of the molecule is [CH2]OCC(=O)Nc1noc(C)c1C. The molecule has 0 spiro atoms. The molecule has 1 N–H and O–H groups in total. The maximum Gasteiger partial charge on any atom is 0.251 e. The van der Waals surface area contributed by atoms with Crippen LogP contribution in [-0.2, 0) is 9.53 Å². The predicted octanol–water partition coefficient (Wildman–Crippen LogP) is 1.04. The molecule has 0 saturated heterocycles. The fraction of sp³-hybridized carbons (Fsp3) is 0.375. The number of nitrogens with one attached hydrogen (secondary N) is 1. The van der Waals surface area contributed by atoms with Crippen LogP contribution >= 0.6 is 0 Å². The van der Waals surface area contributed by atoms with Crippen LogP contribution in [0.25, 0.3) is 0 Å². The lowest BCUT2D eigenvalue weighted by molar-refractivity contribution is -0.119. The molecule has 0 atom stereocenters. The van der Waals surface area contributed by atoms with E-state index in [1.54, 1.807) is 6.92 Å². The van der Waals surface area contributed by atoms with Crippen LogP contribution in [0.4, 0.5) is 5.82 Å². The second-order valence-corrected chi connectivity index (χ2v) is 2.61. The van der Waals surface area contributed by atoms with Gasteiger partial charge in [0.1, 0.15) is 12.4 Å². The van der Waals surface area contributed by atoms with E-state index < -0.39 is 0 Å². The fourth-order valence-corrected chi connectivity index (χ4v) is 0.795. The molecular weight excluding hydrogens is 172 g/mol. The molecule has 0 aliphatic heterocycles. The first-order valence-corrected chi connectivity index (χ1v) is 3.75. The summed E-state index contributed by atoms with van der Waals surface area (Å²) in [6.45, 7) is 3.49. The maximum absolute atomic E-state index is 11.0. The van der Waals surface area contributed by atoms with E-state index in [4.69, 9.17) is 4.52 Å². The van der Waals surface area contributed by atoms with Crippen LogP contribution in [0.1, 0.15) is 11.3 Å². The molecule has 0 aliphatic carbocycles. The summed E-state index contributed by atoms with van der Waals surface area (Å²) in [7, 11) is 3.09. The van der Waals surface area contributed by atoms with Crippen molar-refractivity contribution in [2.75, 3.05) is 11.9 Å². The maximum atomic E-state index is 11.0. The molecule has 0 bridgehead atoms. The molecular formula is C8H11N2O3. The molecule has 71 valence electrons. The number of carbonyl (C=O) groups is 1. The third-order valence-corrected chi connectivity index (χ3v) is 1.65. The minimum absolute atomic E-state index is 0.0919. The molecule has 0 aliphatic rings. The standard InChI is InChI=1S/C8H11N2O3/c1-5-6(2)13-10-8(5)9-7(11)4-12-3/h3-4H2,1-2H3,(H,9,10,11). The summed E-state index contributed by atoms with van der Waals surface area (Å²) in [5.41, 5.74) is 0.817. The average Bonchev–Trinajstić information content (AvgIpc) is 2.37. The summed E-state index contributed by atoms with van der Waals surface area (Å²) < 4.78 is 9.26. The molecule has 1 heterocycles. The summed E-state index contributed by atoms with van der Waals surface area (Å²) in [4.78, 5) is 11.0. The second kappa shape index (κ2) is 4.04. The van der Waals surface area contributed by atoms with Crippen molar-refractivity contribution in [1.29, 1.82) is 0 Å². The lowest BCUT2D eigenvalue weighted by Gasteiger charge is -1.99. The summed E-state index contributed by atoms with van der Waals surface area (Å²) in [6.07, 6.45) is 0. The highest BCUT2D eigenvalue weighted by molar-refractivity contribution is 5.91. The highest BCUT2D eigenvalue weighted by Crippen LogP contribution is 2.15. The second-order valence-electron chi connectivity index (χ2n) is 2.61. The highest BCUT2D eigenvalue weighted by Gasteiger charge is 2.10. The monoisotopic (exact) mass is 183 g/mol. The van der Waals surface area contributed by atoms with Gasteiger partial charge in [-0.15, -0.1) is 0 Å². The quantitative estimate of drug-likeness (QED) is 0.760. The van der Waals surface area contributed by atoms with Gasteiger partial charge in [0.05, 0.1) is 7.11 Å². The minimum atomic E-state index is -0.300. The summed E-state index contributed by atoms with van der Waals surface area (Å²) in [5.74, 6) is 0.816. The van der Waals surface area contributed by atoms with E-state index in [0.717, 1.165) is 5.56 Å². The number of rotatable bonds is 3. The number of anilines is 1. The van der Waals surface area contributed by atoms with Gasteiger partial charge in [-0.05, 0) is 13.8 Å². The van der Waals surface area contributed by atoms with Crippen LogP contribution in [0, 0.1) is 21.0 Å². The Labute approximate surface area is 76.0 Å². The summed E-state index contributed by atoms with van der Waals surface area (Å²) >= 11 is 0. The van der Waals surface area contributed by atoms with E-state index >= 15 is 0 Å². The Morgan fingerprint density at radius 2 is 2.38 bits per heavy atom. The Hall–Kier alpha value is -1.36. The molecule has 0 fully saturated rings. The number of hydrogen-bond donors (Lipinski definition) is 1. The highest BCUT2D eigenvalue weighted by atomic mass is 16.5. The van der Waals surface area contributed by atoms with Gasteiger partial charge in [0.2, 0.25) is 0 Å². The van der Waals surface area contributed by atoms with Gasteiger partial charge in [0.15, 0.2) is 5.82 Å². The van der Waals surface area contributed by atoms with Gasteiger partial charge in [-0.1, -0.05) is 5.16 Å². The van der Waals surface area contributed by atoms with E-state index in [0.29, 0.717) is 11.6 Å². The number of carbonyl (C=O) groups excluding carboxylic acids is 1. The van der Waals surface area contributed by atoms with Crippen molar-refractivity contribution in [3.8, 4) is 0 Å². The molecule has 0 aromatic carbocycles. The van der Waals surface area contributed by atoms with Crippen LogP contribution in [0.5, 0.6) is 0 Å². The Morgan fingerprint density at radius 3 is 2.85 bits per heavy atom. The van der Waals surface area contributed by atoms with Crippen molar-refractivity contribution >= 4 is 11.7 Å².